The van der Waals surface area contributed by atoms with Gasteiger partial charge >= 0.3 is 0 Å². The molecule has 1 atom stereocenters. The van der Waals surface area contributed by atoms with E-state index in [2.05, 4.69) is 46.9 Å². The first-order valence-electron chi connectivity index (χ1n) is 7.37. The topological polar surface area (TPSA) is 24.5 Å². The minimum atomic E-state index is 0.196. The Morgan fingerprint density at radius 1 is 1.45 bits per heavy atom. The standard InChI is InChI=1S/C16H25BrN2O/c1-4-14-11-18-16(2,3)12-19(14)8-9-20-15-7-5-6-13(17)10-15/h5-7,10,14,18H,4,8-9,11-12H2,1-3H3. The van der Waals surface area contributed by atoms with Crippen LogP contribution in [0.5, 0.6) is 5.75 Å². The van der Waals surface area contributed by atoms with Crippen molar-refractivity contribution in [2.75, 3.05) is 26.2 Å². The molecule has 4 heteroatoms. The normalized spacial score (nSPS) is 22.7. The van der Waals surface area contributed by atoms with Gasteiger partial charge in [0.1, 0.15) is 12.4 Å². The molecule has 1 unspecified atom stereocenters. The van der Waals surface area contributed by atoms with Crippen molar-refractivity contribution in [2.45, 2.75) is 38.8 Å². The average Bonchev–Trinajstić information content (AvgIpc) is 2.38. The Labute approximate surface area is 130 Å². The van der Waals surface area contributed by atoms with E-state index in [1.807, 2.05) is 24.3 Å². The minimum absolute atomic E-state index is 0.196. The SMILES string of the molecule is CCC1CNC(C)(C)CN1CCOc1cccc(Br)c1. The molecule has 1 aliphatic rings. The first-order chi connectivity index (χ1) is 9.50. The molecule has 0 bridgehead atoms. The average molecular weight is 341 g/mol. The molecular formula is C16H25BrN2O. The fraction of sp³-hybridized carbons (Fsp3) is 0.625. The summed E-state index contributed by atoms with van der Waals surface area (Å²) in [6, 6.07) is 8.65. The van der Waals surface area contributed by atoms with Crippen LogP contribution in [0.2, 0.25) is 0 Å². The molecule has 0 saturated carbocycles. The lowest BCUT2D eigenvalue weighted by atomic mass is 9.98. The Morgan fingerprint density at radius 2 is 2.25 bits per heavy atom. The van der Waals surface area contributed by atoms with Crippen LogP contribution in [-0.4, -0.2) is 42.7 Å². The summed E-state index contributed by atoms with van der Waals surface area (Å²) in [7, 11) is 0. The van der Waals surface area contributed by atoms with Gasteiger partial charge in [-0.1, -0.05) is 28.9 Å². The van der Waals surface area contributed by atoms with Gasteiger partial charge in [-0.15, -0.1) is 0 Å². The van der Waals surface area contributed by atoms with Crippen LogP contribution in [0.25, 0.3) is 0 Å². The third-order valence-electron chi connectivity index (χ3n) is 3.85. The van der Waals surface area contributed by atoms with E-state index in [9.17, 15) is 0 Å². The first kappa shape index (κ1) is 15.8. The van der Waals surface area contributed by atoms with E-state index in [-0.39, 0.29) is 5.54 Å². The summed E-state index contributed by atoms with van der Waals surface area (Å²) < 4.78 is 6.92. The Balaban J connectivity index is 1.85. The second kappa shape index (κ2) is 6.92. The van der Waals surface area contributed by atoms with E-state index in [0.717, 1.165) is 36.5 Å². The van der Waals surface area contributed by atoms with Crippen molar-refractivity contribution in [3.05, 3.63) is 28.7 Å². The minimum Gasteiger partial charge on any atom is -0.492 e. The Morgan fingerprint density at radius 3 is 2.95 bits per heavy atom. The van der Waals surface area contributed by atoms with Gasteiger partial charge in [0, 0.05) is 35.7 Å². The second-order valence-electron chi connectivity index (χ2n) is 6.10. The van der Waals surface area contributed by atoms with E-state index < -0.39 is 0 Å². The third-order valence-corrected chi connectivity index (χ3v) is 4.34. The van der Waals surface area contributed by atoms with Gasteiger partial charge in [0.05, 0.1) is 0 Å². The van der Waals surface area contributed by atoms with E-state index in [0.29, 0.717) is 6.04 Å². The van der Waals surface area contributed by atoms with Crippen molar-refractivity contribution in [1.82, 2.24) is 10.2 Å². The summed E-state index contributed by atoms with van der Waals surface area (Å²) >= 11 is 3.47. The van der Waals surface area contributed by atoms with Crippen LogP contribution in [0.15, 0.2) is 28.7 Å². The number of nitrogens with zero attached hydrogens (tertiary/aromatic N) is 1. The summed E-state index contributed by atoms with van der Waals surface area (Å²) in [5.41, 5.74) is 0.196. The highest BCUT2D eigenvalue weighted by atomic mass is 79.9. The number of hydrogen-bond acceptors (Lipinski definition) is 3. The highest BCUT2D eigenvalue weighted by Gasteiger charge is 2.31. The number of piperazine rings is 1. The van der Waals surface area contributed by atoms with Gasteiger partial charge in [-0.3, -0.25) is 4.90 Å². The van der Waals surface area contributed by atoms with Gasteiger partial charge in [-0.05, 0) is 38.5 Å². The number of rotatable bonds is 5. The monoisotopic (exact) mass is 340 g/mol. The number of hydrogen-bond donors (Lipinski definition) is 1. The van der Waals surface area contributed by atoms with Gasteiger partial charge < -0.3 is 10.1 Å². The zero-order chi connectivity index (χ0) is 14.6. The van der Waals surface area contributed by atoms with Crippen molar-refractivity contribution in [1.29, 1.82) is 0 Å². The number of nitrogens with one attached hydrogen (secondary N) is 1. The van der Waals surface area contributed by atoms with Crippen LogP contribution in [0, 0.1) is 0 Å². The Kier molecular flexibility index (Phi) is 5.47. The maximum absolute atomic E-state index is 5.86. The molecule has 1 aliphatic heterocycles. The largest absolute Gasteiger partial charge is 0.492 e. The van der Waals surface area contributed by atoms with Crippen LogP contribution >= 0.6 is 15.9 Å². The van der Waals surface area contributed by atoms with Gasteiger partial charge in [-0.25, -0.2) is 0 Å². The van der Waals surface area contributed by atoms with E-state index in [1.54, 1.807) is 0 Å². The number of ether oxygens (including phenoxy) is 1. The zero-order valence-corrected chi connectivity index (χ0v) is 14.2. The number of benzene rings is 1. The summed E-state index contributed by atoms with van der Waals surface area (Å²) in [4.78, 5) is 2.55. The molecule has 0 aromatic heterocycles. The predicted molar refractivity (Wildman–Crippen MR) is 87.4 cm³/mol. The molecule has 1 aromatic rings. The Hall–Kier alpha value is -0.580. The van der Waals surface area contributed by atoms with Crippen LogP contribution < -0.4 is 10.1 Å². The molecule has 112 valence electrons. The lowest BCUT2D eigenvalue weighted by molar-refractivity contribution is 0.0782. The lowest BCUT2D eigenvalue weighted by Crippen LogP contribution is -2.61. The fourth-order valence-corrected chi connectivity index (χ4v) is 3.10. The third kappa shape index (κ3) is 4.47. The van der Waals surface area contributed by atoms with E-state index >= 15 is 0 Å². The fourth-order valence-electron chi connectivity index (χ4n) is 2.72. The van der Waals surface area contributed by atoms with Gasteiger partial charge in [0.25, 0.3) is 0 Å². The highest BCUT2D eigenvalue weighted by Crippen LogP contribution is 2.19. The molecule has 1 heterocycles. The highest BCUT2D eigenvalue weighted by molar-refractivity contribution is 9.10. The van der Waals surface area contributed by atoms with Crippen molar-refractivity contribution >= 4 is 15.9 Å². The van der Waals surface area contributed by atoms with Gasteiger partial charge in [0.2, 0.25) is 0 Å². The Bertz CT molecular complexity index is 436. The van der Waals surface area contributed by atoms with Gasteiger partial charge in [-0.2, -0.15) is 0 Å². The summed E-state index contributed by atoms with van der Waals surface area (Å²) in [6.45, 7) is 10.7. The van der Waals surface area contributed by atoms with Crippen LogP contribution in [0.3, 0.4) is 0 Å². The molecule has 20 heavy (non-hydrogen) atoms. The van der Waals surface area contributed by atoms with Crippen molar-refractivity contribution < 1.29 is 4.74 Å². The molecule has 1 saturated heterocycles. The molecular weight excluding hydrogens is 316 g/mol. The molecule has 0 radical (unpaired) electrons. The molecule has 1 aromatic carbocycles. The molecule has 2 rings (SSSR count). The second-order valence-corrected chi connectivity index (χ2v) is 7.02. The maximum Gasteiger partial charge on any atom is 0.120 e. The zero-order valence-electron chi connectivity index (χ0n) is 12.7. The molecule has 3 nitrogen and oxygen atoms in total. The quantitative estimate of drug-likeness (QED) is 0.889. The molecule has 0 amide bonds. The number of halogens is 1. The summed E-state index contributed by atoms with van der Waals surface area (Å²) in [6.07, 6.45) is 1.18. The van der Waals surface area contributed by atoms with E-state index in [4.69, 9.17) is 4.74 Å². The molecule has 1 N–H and O–H groups in total. The van der Waals surface area contributed by atoms with E-state index in [1.165, 1.54) is 6.42 Å². The van der Waals surface area contributed by atoms with Crippen molar-refractivity contribution in [3.63, 3.8) is 0 Å². The summed E-state index contributed by atoms with van der Waals surface area (Å²) in [5, 5.41) is 3.62. The van der Waals surface area contributed by atoms with Crippen LogP contribution in [0.4, 0.5) is 0 Å². The molecule has 1 fully saturated rings. The maximum atomic E-state index is 5.86. The molecule has 0 spiro atoms. The van der Waals surface area contributed by atoms with Crippen LogP contribution in [-0.2, 0) is 0 Å². The lowest BCUT2D eigenvalue weighted by Gasteiger charge is -2.44. The predicted octanol–water partition coefficient (Wildman–Crippen LogP) is 3.29. The van der Waals surface area contributed by atoms with Gasteiger partial charge in [0.15, 0.2) is 0 Å². The summed E-state index contributed by atoms with van der Waals surface area (Å²) in [5.74, 6) is 0.932. The van der Waals surface area contributed by atoms with Crippen LogP contribution in [0.1, 0.15) is 27.2 Å². The first-order valence-corrected chi connectivity index (χ1v) is 8.17. The smallest absolute Gasteiger partial charge is 0.120 e. The van der Waals surface area contributed by atoms with Crippen molar-refractivity contribution in [2.24, 2.45) is 0 Å². The molecule has 0 aliphatic carbocycles. The van der Waals surface area contributed by atoms with Crippen molar-refractivity contribution in [3.8, 4) is 5.75 Å².